The van der Waals surface area contributed by atoms with Crippen LogP contribution in [0, 0.1) is 0 Å². The van der Waals surface area contributed by atoms with Crippen LogP contribution in [0.25, 0.3) is 0 Å². The molecule has 3 rings (SSSR count). The Hall–Kier alpha value is -3.15. The Morgan fingerprint density at radius 3 is 1.34 bits per heavy atom. The number of alkyl carbamates (subject to hydrolysis) is 1. The zero-order valence-electron chi connectivity index (χ0n) is 29.3. The Bertz CT molecular complexity index is 1070. The van der Waals surface area contributed by atoms with Gasteiger partial charge in [0.2, 0.25) is 0 Å². The van der Waals surface area contributed by atoms with E-state index in [4.69, 9.17) is 14.2 Å². The van der Waals surface area contributed by atoms with Gasteiger partial charge in [-0.3, -0.25) is 0 Å². The fourth-order valence-corrected chi connectivity index (χ4v) is 6.25. The van der Waals surface area contributed by atoms with Crippen LogP contribution in [0.1, 0.15) is 126 Å². The highest BCUT2D eigenvalue weighted by Crippen LogP contribution is 2.40. The van der Waals surface area contributed by atoms with Crippen LogP contribution in [0.15, 0.2) is 91.0 Å². The summed E-state index contributed by atoms with van der Waals surface area (Å²) in [5.74, 6) is 0. The van der Waals surface area contributed by atoms with E-state index in [9.17, 15) is 4.79 Å². The van der Waals surface area contributed by atoms with E-state index in [1.54, 1.807) is 7.11 Å². The van der Waals surface area contributed by atoms with E-state index < -0.39 is 17.8 Å². The first-order valence-electron chi connectivity index (χ1n) is 18.4. The van der Waals surface area contributed by atoms with Gasteiger partial charge >= 0.3 is 6.09 Å². The van der Waals surface area contributed by atoms with Crippen molar-refractivity contribution in [2.45, 2.75) is 121 Å². The number of rotatable bonds is 26. The van der Waals surface area contributed by atoms with Crippen LogP contribution in [-0.2, 0) is 19.8 Å². The number of unbranched alkanes of at least 4 members (excludes halogenated alkanes) is 15. The topological polar surface area (TPSA) is 56.8 Å². The van der Waals surface area contributed by atoms with E-state index in [1.165, 1.54) is 89.9 Å². The maximum absolute atomic E-state index is 12.5. The van der Waals surface area contributed by atoms with Gasteiger partial charge in [0.1, 0.15) is 18.3 Å². The lowest BCUT2D eigenvalue weighted by Crippen LogP contribution is -2.38. The lowest BCUT2D eigenvalue weighted by Gasteiger charge is -2.37. The summed E-state index contributed by atoms with van der Waals surface area (Å²) in [6.45, 7) is 3.25. The fraction of sp³-hybridized carbons (Fsp3) is 0.548. The lowest BCUT2D eigenvalue weighted by molar-refractivity contribution is -0.0685. The summed E-state index contributed by atoms with van der Waals surface area (Å²) in [6.07, 6.45) is 20.5. The Morgan fingerprint density at radius 2 is 0.957 bits per heavy atom. The summed E-state index contributed by atoms with van der Waals surface area (Å²) in [5, 5.41) is 2.90. The number of carbonyl (C=O) groups excluding carboxylic acids is 1. The second-order valence-corrected chi connectivity index (χ2v) is 12.8. The molecule has 0 radical (unpaired) electrons. The second kappa shape index (κ2) is 24.1. The predicted molar refractivity (Wildman–Crippen MR) is 195 cm³/mol. The van der Waals surface area contributed by atoms with E-state index in [2.05, 4.69) is 48.6 Å². The van der Waals surface area contributed by atoms with Crippen molar-refractivity contribution in [3.63, 3.8) is 0 Å². The standard InChI is InChI=1S/C42H61NO4/c1-3-4-5-6-7-8-9-10-11-12-13-14-15-16-17-27-34-43-41(44)46-35-40(45-2)36-47-42(37-28-21-18-22-29-37,38-30-23-19-24-31-38)39-32-25-20-26-33-39/h18-26,28-33,40H,3-17,27,34-36H2,1-2H3,(H,43,44). The Balaban J connectivity index is 1.32. The third-order valence-electron chi connectivity index (χ3n) is 9.06. The van der Waals surface area contributed by atoms with Gasteiger partial charge in [0, 0.05) is 13.7 Å². The average molecular weight is 644 g/mol. The molecule has 0 aliphatic heterocycles. The first-order chi connectivity index (χ1) is 23.2. The molecule has 3 aromatic carbocycles. The zero-order valence-corrected chi connectivity index (χ0v) is 29.3. The minimum Gasteiger partial charge on any atom is -0.447 e. The summed E-state index contributed by atoms with van der Waals surface area (Å²) in [5.41, 5.74) is 2.20. The normalized spacial score (nSPS) is 12.1. The van der Waals surface area contributed by atoms with Crippen LogP contribution in [0.2, 0.25) is 0 Å². The molecule has 0 saturated carbocycles. The highest BCUT2D eigenvalue weighted by molar-refractivity contribution is 5.67. The molecule has 1 atom stereocenters. The molecule has 0 aliphatic carbocycles. The maximum Gasteiger partial charge on any atom is 0.407 e. The van der Waals surface area contributed by atoms with Gasteiger partial charge in [-0.05, 0) is 23.1 Å². The molecule has 0 aromatic heterocycles. The van der Waals surface area contributed by atoms with Gasteiger partial charge in [-0.15, -0.1) is 0 Å². The number of nitrogens with one attached hydrogen (secondary N) is 1. The Kier molecular flexibility index (Phi) is 19.6. The molecule has 0 bridgehead atoms. The number of hydrogen-bond donors (Lipinski definition) is 1. The summed E-state index contributed by atoms with van der Waals surface area (Å²) in [4.78, 5) is 12.5. The van der Waals surface area contributed by atoms with Crippen molar-refractivity contribution in [1.82, 2.24) is 5.32 Å². The van der Waals surface area contributed by atoms with Crippen molar-refractivity contribution in [2.24, 2.45) is 0 Å². The van der Waals surface area contributed by atoms with Gasteiger partial charge in [-0.25, -0.2) is 4.79 Å². The van der Waals surface area contributed by atoms with Gasteiger partial charge in [0.25, 0.3) is 0 Å². The molecule has 0 fully saturated rings. The molecule has 0 aliphatic rings. The van der Waals surface area contributed by atoms with Crippen LogP contribution in [0.4, 0.5) is 4.79 Å². The van der Waals surface area contributed by atoms with E-state index in [0.29, 0.717) is 6.54 Å². The molecule has 1 amide bonds. The predicted octanol–water partition coefficient (Wildman–Crippen LogP) is 11.0. The average Bonchev–Trinajstić information content (AvgIpc) is 3.12. The van der Waals surface area contributed by atoms with Crippen LogP contribution >= 0.6 is 0 Å². The molecule has 1 unspecified atom stereocenters. The second-order valence-electron chi connectivity index (χ2n) is 12.8. The van der Waals surface area contributed by atoms with Crippen molar-refractivity contribution in [3.05, 3.63) is 108 Å². The SMILES string of the molecule is CCCCCCCCCCCCCCCCCCNC(=O)OCC(COC(c1ccccc1)(c1ccccc1)c1ccccc1)OC. The number of hydrogen-bond acceptors (Lipinski definition) is 4. The van der Waals surface area contributed by atoms with E-state index in [-0.39, 0.29) is 13.2 Å². The molecule has 1 N–H and O–H groups in total. The van der Waals surface area contributed by atoms with Crippen molar-refractivity contribution >= 4 is 6.09 Å². The van der Waals surface area contributed by atoms with Crippen molar-refractivity contribution < 1.29 is 19.0 Å². The van der Waals surface area contributed by atoms with E-state index in [0.717, 1.165) is 29.5 Å². The maximum atomic E-state index is 12.5. The molecule has 0 saturated heterocycles. The third kappa shape index (κ3) is 14.2. The largest absolute Gasteiger partial charge is 0.447 e. The minimum atomic E-state index is -0.851. The van der Waals surface area contributed by atoms with Gasteiger partial charge in [-0.1, -0.05) is 194 Å². The summed E-state index contributed by atoms with van der Waals surface area (Å²) >= 11 is 0. The van der Waals surface area contributed by atoms with Gasteiger partial charge in [0.15, 0.2) is 0 Å². The number of methoxy groups -OCH3 is 1. The molecule has 258 valence electrons. The molecule has 5 nitrogen and oxygen atoms in total. The smallest absolute Gasteiger partial charge is 0.407 e. The molecular formula is C42H61NO4. The monoisotopic (exact) mass is 643 g/mol. The van der Waals surface area contributed by atoms with Gasteiger partial charge in [-0.2, -0.15) is 0 Å². The molecule has 3 aromatic rings. The van der Waals surface area contributed by atoms with Crippen LogP contribution in [-0.4, -0.2) is 39.1 Å². The quantitative estimate of drug-likeness (QED) is 0.0698. The van der Waals surface area contributed by atoms with Gasteiger partial charge in [0.05, 0.1) is 6.61 Å². The highest BCUT2D eigenvalue weighted by atomic mass is 16.6. The van der Waals surface area contributed by atoms with Crippen LogP contribution in [0.5, 0.6) is 0 Å². The first-order valence-corrected chi connectivity index (χ1v) is 18.4. The van der Waals surface area contributed by atoms with Crippen molar-refractivity contribution in [1.29, 1.82) is 0 Å². The van der Waals surface area contributed by atoms with Crippen LogP contribution < -0.4 is 5.32 Å². The van der Waals surface area contributed by atoms with E-state index in [1.807, 2.05) is 54.6 Å². The van der Waals surface area contributed by atoms with Crippen molar-refractivity contribution in [2.75, 3.05) is 26.9 Å². The van der Waals surface area contributed by atoms with Crippen LogP contribution in [0.3, 0.4) is 0 Å². The number of carbonyl (C=O) groups is 1. The molecule has 5 heteroatoms. The highest BCUT2D eigenvalue weighted by Gasteiger charge is 2.38. The Labute approximate surface area is 285 Å². The molecule has 0 heterocycles. The van der Waals surface area contributed by atoms with Gasteiger partial charge < -0.3 is 19.5 Å². The Morgan fingerprint density at radius 1 is 0.574 bits per heavy atom. The minimum absolute atomic E-state index is 0.107. The van der Waals surface area contributed by atoms with Crippen molar-refractivity contribution in [3.8, 4) is 0 Å². The fourth-order valence-electron chi connectivity index (χ4n) is 6.25. The van der Waals surface area contributed by atoms with E-state index >= 15 is 0 Å². The molecule has 0 spiro atoms. The number of benzene rings is 3. The zero-order chi connectivity index (χ0) is 33.3. The molecule has 47 heavy (non-hydrogen) atoms. The summed E-state index contributed by atoms with van der Waals surface area (Å²) < 4.78 is 18.1. The summed E-state index contributed by atoms with van der Waals surface area (Å²) in [7, 11) is 1.63. The number of ether oxygens (including phenoxy) is 3. The number of amides is 1. The lowest BCUT2D eigenvalue weighted by atomic mass is 9.80. The third-order valence-corrected chi connectivity index (χ3v) is 9.06. The first kappa shape index (κ1) is 38.3. The molecular weight excluding hydrogens is 582 g/mol. The summed E-state index contributed by atoms with van der Waals surface area (Å²) in [6, 6.07) is 30.7.